The molecule has 0 spiro atoms. The molecule has 1 N–H and O–H groups in total. The van der Waals surface area contributed by atoms with E-state index in [1.807, 2.05) is 30.3 Å². The van der Waals surface area contributed by atoms with Crippen LogP contribution in [0.15, 0.2) is 73.2 Å². The molecular formula is C24H24N4O2. The van der Waals surface area contributed by atoms with Gasteiger partial charge in [-0.3, -0.25) is 14.6 Å². The van der Waals surface area contributed by atoms with E-state index in [1.54, 1.807) is 11.9 Å². The number of hydrogen-bond donors (Lipinski definition) is 1. The molecule has 2 aromatic carbocycles. The fourth-order valence-electron chi connectivity index (χ4n) is 4.23. The number of amides is 2. The minimum Gasteiger partial charge on any atom is -0.359 e. The first-order chi connectivity index (χ1) is 14.6. The molecule has 2 amide bonds. The molecule has 1 aliphatic heterocycles. The second kappa shape index (κ2) is 8.45. The molecule has 1 atom stereocenters. The zero-order valence-corrected chi connectivity index (χ0v) is 16.9. The summed E-state index contributed by atoms with van der Waals surface area (Å²) >= 11 is 0. The van der Waals surface area contributed by atoms with Crippen LogP contribution < -0.4 is 5.32 Å². The molecule has 6 nitrogen and oxygen atoms in total. The third-order valence-corrected chi connectivity index (χ3v) is 5.76. The van der Waals surface area contributed by atoms with Gasteiger partial charge in [-0.15, -0.1) is 0 Å². The SMILES string of the molecule is CNC(=O)[C@]1(Cc2ccccc2-c2ccccc2)CCN(C(=O)c2cnccn2)C1. The molecule has 4 rings (SSSR count). The maximum Gasteiger partial charge on any atom is 0.274 e. The first-order valence-electron chi connectivity index (χ1n) is 10.0. The lowest BCUT2D eigenvalue weighted by Crippen LogP contribution is -2.44. The van der Waals surface area contributed by atoms with Gasteiger partial charge in [0.2, 0.25) is 5.91 Å². The highest BCUT2D eigenvalue weighted by Crippen LogP contribution is 2.37. The molecular weight excluding hydrogens is 376 g/mol. The van der Waals surface area contributed by atoms with E-state index in [0.29, 0.717) is 31.6 Å². The van der Waals surface area contributed by atoms with Crippen molar-refractivity contribution in [3.05, 3.63) is 84.4 Å². The van der Waals surface area contributed by atoms with E-state index in [1.165, 1.54) is 18.6 Å². The molecule has 0 radical (unpaired) electrons. The van der Waals surface area contributed by atoms with Crippen LogP contribution in [-0.4, -0.2) is 46.8 Å². The molecule has 0 aliphatic carbocycles. The zero-order valence-electron chi connectivity index (χ0n) is 16.9. The van der Waals surface area contributed by atoms with Crippen LogP contribution >= 0.6 is 0 Å². The van der Waals surface area contributed by atoms with Crippen molar-refractivity contribution in [1.82, 2.24) is 20.2 Å². The average molecular weight is 400 g/mol. The first kappa shape index (κ1) is 19.8. The summed E-state index contributed by atoms with van der Waals surface area (Å²) in [7, 11) is 1.65. The Kier molecular flexibility index (Phi) is 5.57. The van der Waals surface area contributed by atoms with Gasteiger partial charge in [0.05, 0.1) is 11.6 Å². The fraction of sp³-hybridized carbons (Fsp3) is 0.250. The van der Waals surface area contributed by atoms with Crippen LogP contribution in [0.5, 0.6) is 0 Å². The van der Waals surface area contributed by atoms with E-state index in [9.17, 15) is 9.59 Å². The quantitative estimate of drug-likeness (QED) is 0.715. The molecule has 1 saturated heterocycles. The van der Waals surface area contributed by atoms with Crippen molar-refractivity contribution in [1.29, 1.82) is 0 Å². The second-order valence-corrected chi connectivity index (χ2v) is 7.63. The Morgan fingerprint density at radius 3 is 2.57 bits per heavy atom. The van der Waals surface area contributed by atoms with Gasteiger partial charge in [0, 0.05) is 32.5 Å². The predicted octanol–water partition coefficient (Wildman–Crippen LogP) is 2.96. The van der Waals surface area contributed by atoms with Gasteiger partial charge < -0.3 is 10.2 Å². The molecule has 2 heterocycles. The summed E-state index contributed by atoms with van der Waals surface area (Å²) in [6, 6.07) is 18.3. The molecule has 1 fully saturated rings. The van der Waals surface area contributed by atoms with Gasteiger partial charge in [-0.25, -0.2) is 4.98 Å². The van der Waals surface area contributed by atoms with Crippen LogP contribution in [-0.2, 0) is 11.2 Å². The zero-order chi connectivity index (χ0) is 21.0. The van der Waals surface area contributed by atoms with Gasteiger partial charge in [0.15, 0.2) is 0 Å². The number of rotatable bonds is 5. The summed E-state index contributed by atoms with van der Waals surface area (Å²) in [5.74, 6) is -0.231. The summed E-state index contributed by atoms with van der Waals surface area (Å²) in [4.78, 5) is 35.7. The number of nitrogens with zero attached hydrogens (tertiary/aromatic N) is 3. The molecule has 3 aromatic rings. The minimum atomic E-state index is -0.683. The van der Waals surface area contributed by atoms with Crippen LogP contribution in [0.1, 0.15) is 22.5 Å². The van der Waals surface area contributed by atoms with E-state index in [2.05, 4.69) is 39.6 Å². The number of benzene rings is 2. The van der Waals surface area contributed by atoms with Crippen LogP contribution in [0.3, 0.4) is 0 Å². The van der Waals surface area contributed by atoms with E-state index >= 15 is 0 Å². The summed E-state index contributed by atoms with van der Waals surface area (Å²) in [6.07, 6.45) is 5.66. The second-order valence-electron chi connectivity index (χ2n) is 7.63. The van der Waals surface area contributed by atoms with Gasteiger partial charge in [-0.2, -0.15) is 0 Å². The lowest BCUT2D eigenvalue weighted by Gasteiger charge is -2.28. The topological polar surface area (TPSA) is 75.2 Å². The summed E-state index contributed by atoms with van der Waals surface area (Å²) in [6.45, 7) is 0.863. The van der Waals surface area contributed by atoms with Crippen molar-refractivity contribution in [3.63, 3.8) is 0 Å². The van der Waals surface area contributed by atoms with Gasteiger partial charge in [0.25, 0.3) is 5.91 Å². The summed E-state index contributed by atoms with van der Waals surface area (Å²) in [5, 5.41) is 2.82. The molecule has 0 saturated carbocycles. The fourth-order valence-corrected chi connectivity index (χ4v) is 4.23. The molecule has 152 valence electrons. The Labute approximate surface area is 176 Å². The Morgan fingerprint density at radius 2 is 1.83 bits per heavy atom. The van der Waals surface area contributed by atoms with E-state index in [-0.39, 0.29) is 11.8 Å². The van der Waals surface area contributed by atoms with Crippen molar-refractivity contribution < 1.29 is 9.59 Å². The minimum absolute atomic E-state index is 0.0418. The Balaban J connectivity index is 1.64. The third kappa shape index (κ3) is 3.81. The average Bonchev–Trinajstić information content (AvgIpc) is 3.24. The lowest BCUT2D eigenvalue weighted by atomic mass is 9.78. The predicted molar refractivity (Wildman–Crippen MR) is 115 cm³/mol. The van der Waals surface area contributed by atoms with E-state index in [4.69, 9.17) is 0 Å². The highest BCUT2D eigenvalue weighted by Gasteiger charge is 2.46. The highest BCUT2D eigenvalue weighted by atomic mass is 16.2. The van der Waals surface area contributed by atoms with Crippen molar-refractivity contribution in [2.75, 3.05) is 20.1 Å². The maximum absolute atomic E-state index is 13.0. The van der Waals surface area contributed by atoms with Crippen molar-refractivity contribution in [2.45, 2.75) is 12.8 Å². The number of carbonyl (C=O) groups is 2. The number of carbonyl (C=O) groups excluding carboxylic acids is 2. The molecule has 0 unspecified atom stereocenters. The Bertz CT molecular complexity index is 1040. The maximum atomic E-state index is 13.0. The van der Waals surface area contributed by atoms with Gasteiger partial charge in [-0.05, 0) is 29.5 Å². The van der Waals surface area contributed by atoms with Crippen LogP contribution in [0.4, 0.5) is 0 Å². The standard InChI is InChI=1S/C24H24N4O2/c1-25-23(30)24(11-14-28(17-24)22(29)21-16-26-12-13-27-21)15-19-9-5-6-10-20(19)18-7-3-2-4-8-18/h2-10,12-13,16H,11,14-15,17H2,1H3,(H,25,30)/t24-/m0/s1. The van der Waals surface area contributed by atoms with E-state index < -0.39 is 5.41 Å². The lowest BCUT2D eigenvalue weighted by molar-refractivity contribution is -0.129. The van der Waals surface area contributed by atoms with E-state index in [0.717, 1.165) is 16.7 Å². The smallest absolute Gasteiger partial charge is 0.274 e. The van der Waals surface area contributed by atoms with Crippen molar-refractivity contribution >= 4 is 11.8 Å². The number of hydrogen-bond acceptors (Lipinski definition) is 4. The summed E-state index contributed by atoms with van der Waals surface area (Å²) in [5.41, 5.74) is 2.94. The monoisotopic (exact) mass is 400 g/mol. The van der Waals surface area contributed by atoms with Crippen LogP contribution in [0.25, 0.3) is 11.1 Å². The molecule has 0 bridgehead atoms. The highest BCUT2D eigenvalue weighted by molar-refractivity contribution is 5.93. The van der Waals surface area contributed by atoms with Crippen molar-refractivity contribution in [3.8, 4) is 11.1 Å². The molecule has 6 heteroatoms. The normalized spacial score (nSPS) is 18.2. The number of nitrogens with one attached hydrogen (secondary N) is 1. The molecule has 30 heavy (non-hydrogen) atoms. The number of aromatic nitrogens is 2. The largest absolute Gasteiger partial charge is 0.359 e. The third-order valence-electron chi connectivity index (χ3n) is 5.76. The first-order valence-corrected chi connectivity index (χ1v) is 10.0. The van der Waals surface area contributed by atoms with Gasteiger partial charge in [0.1, 0.15) is 5.69 Å². The van der Waals surface area contributed by atoms with Crippen LogP contribution in [0, 0.1) is 5.41 Å². The van der Waals surface area contributed by atoms with Gasteiger partial charge >= 0.3 is 0 Å². The van der Waals surface area contributed by atoms with Crippen molar-refractivity contribution in [2.24, 2.45) is 5.41 Å². The van der Waals surface area contributed by atoms with Gasteiger partial charge in [-0.1, -0.05) is 54.6 Å². The molecule has 1 aromatic heterocycles. The Morgan fingerprint density at radius 1 is 1.07 bits per heavy atom. The van der Waals surface area contributed by atoms with Crippen LogP contribution in [0.2, 0.25) is 0 Å². The summed E-state index contributed by atoms with van der Waals surface area (Å²) < 4.78 is 0. The Hall–Kier alpha value is -3.54. The number of likely N-dealkylation sites (tertiary alicyclic amines) is 1. The molecule has 1 aliphatic rings.